The molecule has 1 saturated carbocycles. The van der Waals surface area contributed by atoms with Crippen LogP contribution in [0, 0.1) is 5.92 Å². The van der Waals surface area contributed by atoms with Gasteiger partial charge in [0.15, 0.2) is 0 Å². The molecule has 1 aliphatic carbocycles. The van der Waals surface area contributed by atoms with E-state index in [2.05, 4.69) is 22.4 Å². The van der Waals surface area contributed by atoms with Gasteiger partial charge < -0.3 is 5.32 Å². The number of aromatic nitrogens is 4. The molecule has 28 heavy (non-hydrogen) atoms. The van der Waals surface area contributed by atoms with Crippen molar-refractivity contribution in [3.8, 4) is 0 Å². The van der Waals surface area contributed by atoms with Gasteiger partial charge in [-0.3, -0.25) is 18.6 Å². The Hall–Kier alpha value is -2.22. The second-order valence-corrected chi connectivity index (χ2v) is 8.78. The Bertz CT molecular complexity index is 1040. The standard InChI is InChI=1S/C20H27N5O2S/c1-3-11-24-19(27)18-15(10-12-28-18)25-16(22-23-20(24)25)8-9-17(26)21-14-6-4-13(2)5-7-14/h10,12-14H,3-9,11H2,1-2H3,(H,21,26). The zero-order valence-corrected chi connectivity index (χ0v) is 17.3. The summed E-state index contributed by atoms with van der Waals surface area (Å²) in [6.07, 6.45) is 6.24. The van der Waals surface area contributed by atoms with Crippen LogP contribution in [-0.4, -0.2) is 31.1 Å². The maximum atomic E-state index is 12.7. The molecule has 3 aromatic rings. The summed E-state index contributed by atoms with van der Waals surface area (Å²) in [5.41, 5.74) is 0.821. The third-order valence-corrected chi connectivity index (χ3v) is 6.57. The lowest BCUT2D eigenvalue weighted by molar-refractivity contribution is -0.122. The number of amides is 1. The van der Waals surface area contributed by atoms with Gasteiger partial charge in [-0.25, -0.2) is 0 Å². The summed E-state index contributed by atoms with van der Waals surface area (Å²) in [6.45, 7) is 4.92. The van der Waals surface area contributed by atoms with Gasteiger partial charge in [0.25, 0.3) is 5.56 Å². The van der Waals surface area contributed by atoms with Crippen LogP contribution in [0.1, 0.15) is 58.2 Å². The molecule has 1 aliphatic rings. The summed E-state index contributed by atoms with van der Waals surface area (Å²) >= 11 is 1.44. The molecule has 1 N–H and O–H groups in total. The minimum Gasteiger partial charge on any atom is -0.353 e. The van der Waals surface area contributed by atoms with Crippen LogP contribution in [-0.2, 0) is 17.8 Å². The lowest BCUT2D eigenvalue weighted by Gasteiger charge is -2.26. The van der Waals surface area contributed by atoms with Crippen molar-refractivity contribution < 1.29 is 4.79 Å². The second kappa shape index (κ2) is 8.03. The van der Waals surface area contributed by atoms with E-state index in [4.69, 9.17) is 0 Å². The molecule has 0 saturated heterocycles. The Morgan fingerprint density at radius 2 is 2.07 bits per heavy atom. The molecule has 7 nitrogen and oxygen atoms in total. The molecule has 0 unspecified atom stereocenters. The van der Waals surface area contributed by atoms with Crippen LogP contribution in [0.15, 0.2) is 16.2 Å². The summed E-state index contributed by atoms with van der Waals surface area (Å²) in [6, 6.07) is 2.23. The van der Waals surface area contributed by atoms with E-state index in [9.17, 15) is 9.59 Å². The highest BCUT2D eigenvalue weighted by Crippen LogP contribution is 2.24. The number of carbonyl (C=O) groups excluding carboxylic acids is 1. The maximum absolute atomic E-state index is 12.7. The SMILES string of the molecule is CCCn1c(=O)c2sccc2n2c(CCC(=O)NC3CCC(C)CC3)nnc12. The van der Waals surface area contributed by atoms with Crippen molar-refractivity contribution in [3.05, 3.63) is 27.6 Å². The van der Waals surface area contributed by atoms with E-state index in [0.717, 1.165) is 36.5 Å². The fourth-order valence-electron chi connectivity index (χ4n) is 4.10. The van der Waals surface area contributed by atoms with Crippen molar-refractivity contribution in [1.29, 1.82) is 0 Å². The van der Waals surface area contributed by atoms with Gasteiger partial charge in [0.1, 0.15) is 10.5 Å². The third kappa shape index (κ3) is 3.57. The molecule has 0 aromatic carbocycles. The third-order valence-electron chi connectivity index (χ3n) is 5.68. The average Bonchev–Trinajstić information content (AvgIpc) is 3.32. The Morgan fingerprint density at radius 3 is 2.82 bits per heavy atom. The minimum absolute atomic E-state index is 0.0115. The zero-order chi connectivity index (χ0) is 19.7. The van der Waals surface area contributed by atoms with E-state index >= 15 is 0 Å². The summed E-state index contributed by atoms with van der Waals surface area (Å²) in [5.74, 6) is 2.13. The molecule has 1 fully saturated rings. The first-order valence-electron chi connectivity index (χ1n) is 10.2. The molecular weight excluding hydrogens is 374 g/mol. The van der Waals surface area contributed by atoms with Crippen LogP contribution in [0.5, 0.6) is 0 Å². The van der Waals surface area contributed by atoms with E-state index < -0.39 is 0 Å². The van der Waals surface area contributed by atoms with E-state index in [0.29, 0.717) is 35.9 Å². The average molecular weight is 402 g/mol. The van der Waals surface area contributed by atoms with Crippen LogP contribution >= 0.6 is 11.3 Å². The number of hydrogen-bond donors (Lipinski definition) is 1. The molecule has 4 rings (SSSR count). The molecule has 0 radical (unpaired) electrons. The van der Waals surface area contributed by atoms with Gasteiger partial charge in [-0.1, -0.05) is 13.8 Å². The Kier molecular flexibility index (Phi) is 5.48. The van der Waals surface area contributed by atoms with Crippen molar-refractivity contribution in [3.63, 3.8) is 0 Å². The van der Waals surface area contributed by atoms with Crippen LogP contribution in [0.4, 0.5) is 0 Å². The topological polar surface area (TPSA) is 81.3 Å². The van der Waals surface area contributed by atoms with Gasteiger partial charge in [0, 0.05) is 25.4 Å². The number of nitrogens with zero attached hydrogens (tertiary/aromatic N) is 4. The van der Waals surface area contributed by atoms with Crippen molar-refractivity contribution in [2.24, 2.45) is 5.92 Å². The predicted molar refractivity (Wildman–Crippen MR) is 111 cm³/mol. The fraction of sp³-hybridized carbons (Fsp3) is 0.600. The van der Waals surface area contributed by atoms with Crippen molar-refractivity contribution >= 4 is 33.2 Å². The first-order chi connectivity index (χ1) is 13.6. The second-order valence-electron chi connectivity index (χ2n) is 7.87. The zero-order valence-electron chi connectivity index (χ0n) is 16.5. The number of aryl methyl sites for hydroxylation is 2. The first kappa shape index (κ1) is 19.1. The minimum atomic E-state index is -0.0115. The number of carbonyl (C=O) groups is 1. The van der Waals surface area contributed by atoms with E-state index in [1.807, 2.05) is 22.8 Å². The molecular formula is C20H27N5O2S. The maximum Gasteiger partial charge on any atom is 0.272 e. The van der Waals surface area contributed by atoms with Crippen LogP contribution < -0.4 is 10.9 Å². The number of thiophene rings is 1. The summed E-state index contributed by atoms with van der Waals surface area (Å²) in [7, 11) is 0. The molecule has 150 valence electrons. The Labute approximate surface area is 167 Å². The summed E-state index contributed by atoms with van der Waals surface area (Å²) < 4.78 is 4.35. The van der Waals surface area contributed by atoms with Crippen molar-refractivity contribution in [2.75, 3.05) is 0 Å². The quantitative estimate of drug-likeness (QED) is 0.688. The molecule has 0 bridgehead atoms. The number of hydrogen-bond acceptors (Lipinski definition) is 5. The highest BCUT2D eigenvalue weighted by molar-refractivity contribution is 7.17. The van der Waals surface area contributed by atoms with Crippen LogP contribution in [0.25, 0.3) is 16.0 Å². The highest BCUT2D eigenvalue weighted by Gasteiger charge is 2.21. The molecule has 0 spiro atoms. The molecule has 3 aromatic heterocycles. The Morgan fingerprint density at radius 1 is 1.29 bits per heavy atom. The van der Waals surface area contributed by atoms with Gasteiger partial charge in [-0.15, -0.1) is 21.5 Å². The number of nitrogens with one attached hydrogen (secondary N) is 1. The molecule has 0 atom stereocenters. The largest absolute Gasteiger partial charge is 0.353 e. The monoisotopic (exact) mass is 401 g/mol. The molecule has 3 heterocycles. The summed E-state index contributed by atoms with van der Waals surface area (Å²) in [5, 5.41) is 13.7. The smallest absolute Gasteiger partial charge is 0.272 e. The first-order valence-corrected chi connectivity index (χ1v) is 11.1. The van der Waals surface area contributed by atoms with E-state index in [1.165, 1.54) is 24.2 Å². The molecule has 1 amide bonds. The lowest BCUT2D eigenvalue weighted by Crippen LogP contribution is -2.37. The van der Waals surface area contributed by atoms with Gasteiger partial charge >= 0.3 is 0 Å². The molecule has 0 aliphatic heterocycles. The summed E-state index contributed by atoms with van der Waals surface area (Å²) in [4.78, 5) is 25.2. The van der Waals surface area contributed by atoms with Crippen LogP contribution in [0.3, 0.4) is 0 Å². The predicted octanol–water partition coefficient (Wildman–Crippen LogP) is 3.14. The van der Waals surface area contributed by atoms with Gasteiger partial charge in [-0.05, 0) is 49.5 Å². The van der Waals surface area contributed by atoms with E-state index in [-0.39, 0.29) is 11.5 Å². The highest BCUT2D eigenvalue weighted by atomic mass is 32.1. The lowest BCUT2D eigenvalue weighted by atomic mass is 9.87. The van der Waals surface area contributed by atoms with E-state index in [1.54, 1.807) is 4.57 Å². The number of rotatable bonds is 6. The van der Waals surface area contributed by atoms with Crippen molar-refractivity contribution in [2.45, 2.75) is 71.4 Å². The van der Waals surface area contributed by atoms with Gasteiger partial charge in [0.05, 0.1) is 5.52 Å². The van der Waals surface area contributed by atoms with Crippen LogP contribution in [0.2, 0.25) is 0 Å². The normalized spacial score (nSPS) is 20.1. The van der Waals surface area contributed by atoms with Gasteiger partial charge in [-0.2, -0.15) is 0 Å². The Balaban J connectivity index is 1.55. The number of fused-ring (bicyclic) bond motifs is 3. The van der Waals surface area contributed by atoms with Crippen molar-refractivity contribution in [1.82, 2.24) is 24.5 Å². The van der Waals surface area contributed by atoms with Gasteiger partial charge in [0.2, 0.25) is 11.7 Å². The fourth-order valence-corrected chi connectivity index (χ4v) is 4.92. The molecule has 8 heteroatoms.